The smallest absolute Gasteiger partial charge is 0.235 e. The molecule has 0 bridgehead atoms. The van der Waals surface area contributed by atoms with E-state index >= 15 is 0 Å². The molecule has 2 fully saturated rings. The van der Waals surface area contributed by atoms with E-state index in [1.165, 1.54) is 24.9 Å². The summed E-state index contributed by atoms with van der Waals surface area (Å²) in [6.07, 6.45) is 9.63. The Morgan fingerprint density at radius 2 is 1.81 bits per heavy atom. The van der Waals surface area contributed by atoms with Crippen molar-refractivity contribution in [2.45, 2.75) is 50.5 Å². The van der Waals surface area contributed by atoms with Gasteiger partial charge in [0.05, 0.1) is 0 Å². The summed E-state index contributed by atoms with van der Waals surface area (Å²) < 4.78 is 0. The van der Waals surface area contributed by atoms with Gasteiger partial charge in [0.25, 0.3) is 0 Å². The summed E-state index contributed by atoms with van der Waals surface area (Å²) in [4.78, 5) is 17.6. The molecule has 0 atom stereocenters. The molecular weight excluding hydrogens is 284 g/mol. The summed E-state index contributed by atoms with van der Waals surface area (Å²) >= 11 is 6.24. The average molecular weight is 305 g/mol. The van der Waals surface area contributed by atoms with Crippen LogP contribution in [0.5, 0.6) is 0 Å². The van der Waals surface area contributed by atoms with Crippen LogP contribution in [0.1, 0.15) is 50.5 Å². The van der Waals surface area contributed by atoms with E-state index in [1.807, 2.05) is 18.2 Å². The van der Waals surface area contributed by atoms with Crippen LogP contribution < -0.4 is 4.90 Å². The van der Waals surface area contributed by atoms with E-state index in [4.69, 9.17) is 11.6 Å². The zero-order valence-corrected chi connectivity index (χ0v) is 13.0. The molecule has 0 spiro atoms. The number of nitrogens with zero attached hydrogens (tertiary/aromatic N) is 2. The molecule has 0 N–H and O–H groups in total. The van der Waals surface area contributed by atoms with Crippen molar-refractivity contribution in [3.8, 4) is 0 Å². The van der Waals surface area contributed by atoms with Gasteiger partial charge in [-0.15, -0.1) is 0 Å². The predicted octanol–water partition coefficient (Wildman–Crippen LogP) is 4.44. The van der Waals surface area contributed by atoms with Crippen LogP contribution in [0.15, 0.2) is 23.2 Å². The summed E-state index contributed by atoms with van der Waals surface area (Å²) in [7, 11) is 0. The zero-order chi connectivity index (χ0) is 14.7. The van der Waals surface area contributed by atoms with Crippen molar-refractivity contribution in [2.75, 3.05) is 18.0 Å². The summed E-state index contributed by atoms with van der Waals surface area (Å²) in [6.45, 7) is 2.16. The highest BCUT2D eigenvalue weighted by atomic mass is 35.5. The van der Waals surface area contributed by atoms with E-state index < -0.39 is 5.54 Å². The number of rotatable bonds is 3. The van der Waals surface area contributed by atoms with E-state index in [0.717, 1.165) is 49.4 Å². The first-order chi connectivity index (χ1) is 10.2. The van der Waals surface area contributed by atoms with Crippen LogP contribution in [-0.4, -0.2) is 19.2 Å². The van der Waals surface area contributed by atoms with Crippen molar-refractivity contribution in [2.24, 2.45) is 4.99 Å². The lowest BCUT2D eigenvalue weighted by molar-refractivity contribution is 0.453. The Hall–Kier alpha value is -1.31. The second-order valence-electron chi connectivity index (χ2n) is 6.15. The van der Waals surface area contributed by atoms with Gasteiger partial charge in [0, 0.05) is 29.4 Å². The minimum absolute atomic E-state index is 0.403. The molecule has 1 saturated carbocycles. The first-order valence-electron chi connectivity index (χ1n) is 7.89. The lowest BCUT2D eigenvalue weighted by atomic mass is 9.87. The van der Waals surface area contributed by atoms with Crippen LogP contribution in [0.2, 0.25) is 5.02 Å². The van der Waals surface area contributed by atoms with E-state index in [2.05, 4.69) is 16.0 Å². The molecule has 1 aromatic carbocycles. The first kappa shape index (κ1) is 14.6. The van der Waals surface area contributed by atoms with Crippen LogP contribution in [0.4, 0.5) is 5.69 Å². The molecule has 0 aromatic heterocycles. The number of hydrogen-bond donors (Lipinski definition) is 0. The van der Waals surface area contributed by atoms with Crippen molar-refractivity contribution in [1.82, 2.24) is 0 Å². The molecule has 1 heterocycles. The SMILES string of the molecule is O=C=NC1(c2cc(Cl)ccc2N2CCCCC2)CCCC1. The Morgan fingerprint density at radius 1 is 1.10 bits per heavy atom. The first-order valence-corrected chi connectivity index (χ1v) is 8.27. The second kappa shape index (κ2) is 6.21. The molecule has 1 aliphatic carbocycles. The molecule has 0 amide bonds. The lowest BCUT2D eigenvalue weighted by Crippen LogP contribution is -2.32. The van der Waals surface area contributed by atoms with Gasteiger partial charge in [-0.05, 0) is 50.3 Å². The van der Waals surface area contributed by atoms with Crippen LogP contribution in [0.3, 0.4) is 0 Å². The quantitative estimate of drug-likeness (QED) is 0.611. The van der Waals surface area contributed by atoms with Gasteiger partial charge in [-0.2, -0.15) is 4.99 Å². The molecule has 2 aliphatic rings. The molecule has 1 aromatic rings. The van der Waals surface area contributed by atoms with Crippen LogP contribution in [0.25, 0.3) is 0 Å². The number of carbonyl (C=O) groups excluding carboxylic acids is 1. The maximum absolute atomic E-state index is 11.0. The van der Waals surface area contributed by atoms with Crippen LogP contribution in [-0.2, 0) is 10.3 Å². The van der Waals surface area contributed by atoms with Crippen molar-refractivity contribution >= 4 is 23.4 Å². The molecule has 0 unspecified atom stereocenters. The molecular formula is C17H21ClN2O. The Kier molecular flexibility index (Phi) is 4.32. The Morgan fingerprint density at radius 3 is 2.48 bits per heavy atom. The van der Waals surface area contributed by atoms with E-state index in [1.54, 1.807) is 0 Å². The molecule has 3 nitrogen and oxygen atoms in total. The van der Waals surface area contributed by atoms with Gasteiger partial charge in [0.15, 0.2) is 0 Å². The molecule has 21 heavy (non-hydrogen) atoms. The molecule has 0 radical (unpaired) electrons. The van der Waals surface area contributed by atoms with Crippen LogP contribution in [0, 0.1) is 0 Å². The maximum Gasteiger partial charge on any atom is 0.235 e. The highest BCUT2D eigenvalue weighted by molar-refractivity contribution is 6.30. The molecule has 1 saturated heterocycles. The number of isocyanates is 1. The van der Waals surface area contributed by atoms with Crippen molar-refractivity contribution in [1.29, 1.82) is 0 Å². The van der Waals surface area contributed by atoms with E-state index in [-0.39, 0.29) is 0 Å². The second-order valence-corrected chi connectivity index (χ2v) is 6.59. The summed E-state index contributed by atoms with van der Waals surface area (Å²) in [5.41, 5.74) is 1.93. The lowest BCUT2D eigenvalue weighted by Gasteiger charge is -2.34. The van der Waals surface area contributed by atoms with Gasteiger partial charge in [-0.1, -0.05) is 24.4 Å². The molecule has 3 rings (SSSR count). The number of benzene rings is 1. The summed E-state index contributed by atoms with van der Waals surface area (Å²) in [5.74, 6) is 0. The fourth-order valence-electron chi connectivity index (χ4n) is 3.78. The average Bonchev–Trinajstić information content (AvgIpc) is 2.98. The normalized spacial score (nSPS) is 21.1. The highest BCUT2D eigenvalue weighted by Crippen LogP contribution is 2.46. The highest BCUT2D eigenvalue weighted by Gasteiger charge is 2.38. The van der Waals surface area contributed by atoms with Gasteiger partial charge in [0.2, 0.25) is 6.08 Å². The fourth-order valence-corrected chi connectivity index (χ4v) is 3.95. The zero-order valence-electron chi connectivity index (χ0n) is 12.3. The summed E-state index contributed by atoms with van der Waals surface area (Å²) in [6, 6.07) is 6.06. The van der Waals surface area contributed by atoms with Gasteiger partial charge in [-0.25, -0.2) is 4.79 Å². The number of piperidine rings is 1. The fraction of sp³-hybridized carbons (Fsp3) is 0.588. The molecule has 4 heteroatoms. The van der Waals surface area contributed by atoms with E-state index in [9.17, 15) is 4.79 Å². The topological polar surface area (TPSA) is 32.7 Å². The standard InChI is InChI=1S/C17H21ClN2O/c18-14-6-7-16(20-10-4-1-5-11-20)15(12-14)17(19-13-21)8-2-3-9-17/h6-7,12H,1-5,8-11H2. The number of halogens is 1. The third-order valence-corrected chi connectivity index (χ3v) is 5.08. The van der Waals surface area contributed by atoms with Gasteiger partial charge in [0.1, 0.15) is 5.54 Å². The van der Waals surface area contributed by atoms with Crippen LogP contribution >= 0.6 is 11.6 Å². The Labute approximate surface area is 131 Å². The third-order valence-electron chi connectivity index (χ3n) is 4.85. The minimum Gasteiger partial charge on any atom is -0.371 e. The van der Waals surface area contributed by atoms with E-state index in [0.29, 0.717) is 0 Å². The summed E-state index contributed by atoms with van der Waals surface area (Å²) in [5, 5.41) is 0.720. The number of anilines is 1. The number of aliphatic imine (C=N–C) groups is 1. The Bertz CT molecular complexity index is 554. The van der Waals surface area contributed by atoms with Crippen molar-refractivity contribution in [3.63, 3.8) is 0 Å². The molecule has 112 valence electrons. The van der Waals surface area contributed by atoms with Crippen molar-refractivity contribution < 1.29 is 4.79 Å². The maximum atomic E-state index is 11.0. The van der Waals surface area contributed by atoms with Gasteiger partial charge in [-0.3, -0.25) is 0 Å². The Balaban J connectivity index is 2.06. The minimum atomic E-state index is -0.403. The van der Waals surface area contributed by atoms with Gasteiger partial charge < -0.3 is 4.90 Å². The van der Waals surface area contributed by atoms with Gasteiger partial charge >= 0.3 is 0 Å². The van der Waals surface area contributed by atoms with Crippen molar-refractivity contribution in [3.05, 3.63) is 28.8 Å². The third kappa shape index (κ3) is 2.86. The molecule has 1 aliphatic heterocycles. The predicted molar refractivity (Wildman–Crippen MR) is 85.8 cm³/mol. The monoisotopic (exact) mass is 304 g/mol. The number of hydrogen-bond acceptors (Lipinski definition) is 3. The largest absolute Gasteiger partial charge is 0.371 e.